The van der Waals surface area contributed by atoms with E-state index in [9.17, 15) is 0 Å². The smallest absolute Gasteiger partial charge is 0.191 e. The van der Waals surface area contributed by atoms with Gasteiger partial charge >= 0.3 is 0 Å². The van der Waals surface area contributed by atoms with Crippen LogP contribution in [0.4, 0.5) is 0 Å². The molecule has 3 aromatic rings. The number of rotatable bonds is 11. The number of benzene rings is 1. The molecule has 2 heterocycles. The Kier molecular flexibility index (Phi) is 8.53. The molecule has 0 saturated heterocycles. The van der Waals surface area contributed by atoms with E-state index in [0.717, 1.165) is 67.8 Å². The average Bonchev–Trinajstić information content (AvgIpc) is 3.20. The number of methoxy groups -OCH3 is 1. The van der Waals surface area contributed by atoms with Crippen molar-refractivity contribution >= 4 is 11.6 Å². The quantitative estimate of drug-likeness (QED) is 0.289. The summed E-state index contributed by atoms with van der Waals surface area (Å²) in [7, 11) is 1.67. The highest BCUT2D eigenvalue weighted by molar-refractivity contribution is 5.79. The van der Waals surface area contributed by atoms with Gasteiger partial charge in [-0.05, 0) is 43.2 Å². The zero-order valence-electron chi connectivity index (χ0n) is 17.8. The van der Waals surface area contributed by atoms with Crippen LogP contribution in [0.3, 0.4) is 0 Å². The third-order valence-corrected chi connectivity index (χ3v) is 4.63. The van der Waals surface area contributed by atoms with E-state index >= 15 is 0 Å². The maximum Gasteiger partial charge on any atom is 0.191 e. The molecule has 2 N–H and O–H groups in total. The highest BCUT2D eigenvalue weighted by Gasteiger charge is 2.03. The molecule has 0 radical (unpaired) electrons. The summed E-state index contributed by atoms with van der Waals surface area (Å²) in [5, 5.41) is 6.81. The highest BCUT2D eigenvalue weighted by atomic mass is 16.5. The number of nitrogens with zero attached hydrogens (tertiary/aromatic N) is 3. The Bertz CT molecular complexity index is 888. The van der Waals surface area contributed by atoms with Crippen LogP contribution in [0, 0.1) is 0 Å². The molecule has 0 amide bonds. The van der Waals surface area contributed by atoms with Gasteiger partial charge in [0.05, 0.1) is 19.3 Å². The van der Waals surface area contributed by atoms with Crippen molar-refractivity contribution in [3.05, 3.63) is 66.1 Å². The van der Waals surface area contributed by atoms with Gasteiger partial charge in [0, 0.05) is 45.1 Å². The van der Waals surface area contributed by atoms with Crippen LogP contribution in [0.5, 0.6) is 5.75 Å². The van der Waals surface area contributed by atoms with Crippen molar-refractivity contribution < 1.29 is 9.47 Å². The van der Waals surface area contributed by atoms with Crippen molar-refractivity contribution in [2.75, 3.05) is 33.4 Å². The summed E-state index contributed by atoms with van der Waals surface area (Å²) in [5.74, 6) is 1.65. The van der Waals surface area contributed by atoms with Crippen LogP contribution < -0.4 is 15.4 Å². The average molecular weight is 410 g/mol. The van der Waals surface area contributed by atoms with Crippen molar-refractivity contribution in [3.63, 3.8) is 0 Å². The van der Waals surface area contributed by atoms with Crippen LogP contribution in [-0.4, -0.2) is 48.8 Å². The van der Waals surface area contributed by atoms with Gasteiger partial charge in [0.25, 0.3) is 0 Å². The van der Waals surface area contributed by atoms with Crippen LogP contribution in [-0.2, 0) is 17.7 Å². The third kappa shape index (κ3) is 6.77. The number of ether oxygens (including phenoxy) is 2. The first kappa shape index (κ1) is 21.6. The van der Waals surface area contributed by atoms with Gasteiger partial charge in [-0.15, -0.1) is 0 Å². The summed E-state index contributed by atoms with van der Waals surface area (Å²) >= 11 is 0. The molecule has 0 saturated carbocycles. The second-order valence-electron chi connectivity index (χ2n) is 6.87. The van der Waals surface area contributed by atoms with Crippen molar-refractivity contribution in [1.29, 1.82) is 0 Å². The van der Waals surface area contributed by atoms with Crippen molar-refractivity contribution in [2.45, 2.75) is 26.3 Å². The van der Waals surface area contributed by atoms with Crippen LogP contribution in [0.1, 0.15) is 24.6 Å². The number of imidazole rings is 1. The Hall–Kier alpha value is -3.06. The number of aliphatic imine (C=N–C) groups is 1. The Morgan fingerprint density at radius 3 is 2.70 bits per heavy atom. The molecule has 0 aliphatic heterocycles. The minimum Gasteiger partial charge on any atom is -0.497 e. The van der Waals surface area contributed by atoms with Gasteiger partial charge in [-0.2, -0.15) is 0 Å². The number of hydrogen-bond acceptors (Lipinski definition) is 4. The summed E-state index contributed by atoms with van der Waals surface area (Å²) in [6.07, 6.45) is 5.84. The van der Waals surface area contributed by atoms with Gasteiger partial charge in [0.1, 0.15) is 11.4 Å². The fourth-order valence-corrected chi connectivity index (χ4v) is 3.02. The van der Waals surface area contributed by atoms with Gasteiger partial charge in [-0.3, -0.25) is 0 Å². The Morgan fingerprint density at radius 2 is 1.93 bits per heavy atom. The Labute approximate surface area is 178 Å². The van der Waals surface area contributed by atoms with Crippen LogP contribution in [0.15, 0.2) is 59.9 Å². The standard InChI is InChI=1S/C23H31N5O2/c1-3-30-16-6-13-24-23(26-17-19-8-10-21(29-2)11-9-19)25-14-12-20-18-28-15-5-4-7-22(28)27-20/h4-5,7-11,15,18H,3,6,12-14,16-17H2,1-2H3,(H2,24,25,26). The normalized spacial score (nSPS) is 11.6. The number of fused-ring (bicyclic) bond motifs is 1. The van der Waals surface area contributed by atoms with Gasteiger partial charge in [0.15, 0.2) is 5.96 Å². The SMILES string of the molecule is CCOCCCNC(=NCc1ccc(OC)cc1)NCCc1cn2ccccc2n1. The zero-order chi connectivity index (χ0) is 21.0. The second kappa shape index (κ2) is 11.8. The minimum atomic E-state index is 0.596. The number of hydrogen-bond donors (Lipinski definition) is 2. The molecular formula is C23H31N5O2. The number of pyridine rings is 1. The molecule has 0 unspecified atom stereocenters. The van der Waals surface area contributed by atoms with E-state index in [0.29, 0.717) is 6.54 Å². The van der Waals surface area contributed by atoms with Gasteiger partial charge in [-0.1, -0.05) is 18.2 Å². The fraction of sp³-hybridized carbons (Fsp3) is 0.391. The van der Waals surface area contributed by atoms with E-state index in [1.807, 2.05) is 60.0 Å². The molecule has 0 atom stereocenters. The molecule has 0 bridgehead atoms. The molecule has 0 spiro atoms. The fourth-order valence-electron chi connectivity index (χ4n) is 3.02. The summed E-state index contributed by atoms with van der Waals surface area (Å²) in [5.41, 5.74) is 3.15. The molecule has 160 valence electrons. The van der Waals surface area contributed by atoms with Crippen LogP contribution >= 0.6 is 0 Å². The lowest BCUT2D eigenvalue weighted by molar-refractivity contribution is 0.145. The van der Waals surface area contributed by atoms with E-state index in [1.54, 1.807) is 7.11 Å². The summed E-state index contributed by atoms with van der Waals surface area (Å²) in [6.45, 7) is 5.66. The first-order valence-corrected chi connectivity index (χ1v) is 10.4. The molecule has 2 aromatic heterocycles. The van der Waals surface area contributed by atoms with Crippen molar-refractivity contribution in [2.24, 2.45) is 4.99 Å². The number of aromatic nitrogens is 2. The molecule has 0 aliphatic carbocycles. The van der Waals surface area contributed by atoms with E-state index < -0.39 is 0 Å². The lowest BCUT2D eigenvalue weighted by Gasteiger charge is -2.12. The van der Waals surface area contributed by atoms with Crippen LogP contribution in [0.25, 0.3) is 5.65 Å². The van der Waals surface area contributed by atoms with Gasteiger partial charge in [0.2, 0.25) is 0 Å². The predicted molar refractivity (Wildman–Crippen MR) is 120 cm³/mol. The topological polar surface area (TPSA) is 72.2 Å². The molecule has 7 nitrogen and oxygen atoms in total. The summed E-state index contributed by atoms with van der Waals surface area (Å²) < 4.78 is 12.7. The van der Waals surface area contributed by atoms with Crippen molar-refractivity contribution in [3.8, 4) is 5.75 Å². The summed E-state index contributed by atoms with van der Waals surface area (Å²) in [6, 6.07) is 14.0. The molecule has 7 heteroatoms. The molecule has 0 fully saturated rings. The van der Waals surface area contributed by atoms with E-state index in [2.05, 4.69) is 21.8 Å². The van der Waals surface area contributed by atoms with Crippen LogP contribution in [0.2, 0.25) is 0 Å². The van der Waals surface area contributed by atoms with Gasteiger partial charge in [-0.25, -0.2) is 9.98 Å². The van der Waals surface area contributed by atoms with E-state index in [4.69, 9.17) is 14.5 Å². The van der Waals surface area contributed by atoms with E-state index in [1.165, 1.54) is 0 Å². The second-order valence-corrected chi connectivity index (χ2v) is 6.87. The maximum absolute atomic E-state index is 5.41. The van der Waals surface area contributed by atoms with Gasteiger partial charge < -0.3 is 24.5 Å². The molecule has 3 rings (SSSR count). The molecule has 0 aliphatic rings. The molecular weight excluding hydrogens is 378 g/mol. The number of guanidine groups is 1. The monoisotopic (exact) mass is 409 g/mol. The lowest BCUT2D eigenvalue weighted by Crippen LogP contribution is -2.39. The highest BCUT2D eigenvalue weighted by Crippen LogP contribution is 2.11. The largest absolute Gasteiger partial charge is 0.497 e. The molecule has 1 aromatic carbocycles. The zero-order valence-corrected chi connectivity index (χ0v) is 17.8. The van der Waals surface area contributed by atoms with E-state index in [-0.39, 0.29) is 0 Å². The minimum absolute atomic E-state index is 0.596. The third-order valence-electron chi connectivity index (χ3n) is 4.63. The van der Waals surface area contributed by atoms with Crippen molar-refractivity contribution in [1.82, 2.24) is 20.0 Å². The Balaban J connectivity index is 1.54. The lowest BCUT2D eigenvalue weighted by atomic mass is 10.2. The molecule has 30 heavy (non-hydrogen) atoms. The maximum atomic E-state index is 5.41. The summed E-state index contributed by atoms with van der Waals surface area (Å²) in [4.78, 5) is 9.38. The first-order chi connectivity index (χ1) is 14.8. The predicted octanol–water partition coefficient (Wildman–Crippen LogP) is 3.05. The first-order valence-electron chi connectivity index (χ1n) is 10.4. The Morgan fingerprint density at radius 1 is 1.10 bits per heavy atom. The number of nitrogens with one attached hydrogen (secondary N) is 2.